The third kappa shape index (κ3) is 4.53. The van der Waals surface area contributed by atoms with Gasteiger partial charge in [-0.2, -0.15) is 4.31 Å². The summed E-state index contributed by atoms with van der Waals surface area (Å²) >= 11 is 1.80. The topological polar surface area (TPSA) is 86.7 Å². The van der Waals surface area contributed by atoms with Crippen molar-refractivity contribution in [2.75, 3.05) is 37.6 Å². The number of carbonyl (C=O) groups is 1. The Balaban J connectivity index is 1.14. The van der Waals surface area contributed by atoms with Crippen molar-refractivity contribution in [2.45, 2.75) is 62.8 Å². The number of carbonyl (C=O) groups excluding carboxylic acids is 1. The number of hydrogen-bond donors (Lipinski definition) is 0. The van der Waals surface area contributed by atoms with Crippen LogP contribution < -0.4 is 4.90 Å². The van der Waals surface area contributed by atoms with Crippen molar-refractivity contribution in [3.05, 3.63) is 46.6 Å². The van der Waals surface area contributed by atoms with Crippen LogP contribution in [0.5, 0.6) is 0 Å². The molecule has 0 saturated carbocycles. The Morgan fingerprint density at radius 3 is 2.46 bits per heavy atom. The summed E-state index contributed by atoms with van der Waals surface area (Å²) in [5.41, 5.74) is 1.95. The molecule has 0 spiro atoms. The predicted molar refractivity (Wildman–Crippen MR) is 146 cm³/mol. The summed E-state index contributed by atoms with van der Waals surface area (Å²) in [7, 11) is -3.55. The number of rotatable bonds is 4. The van der Waals surface area contributed by atoms with E-state index < -0.39 is 10.0 Å². The average Bonchev–Trinajstić information content (AvgIpc) is 3.32. The minimum Gasteiger partial charge on any atom is -0.352 e. The number of aromatic nitrogens is 2. The van der Waals surface area contributed by atoms with Gasteiger partial charge in [-0.3, -0.25) is 4.79 Å². The molecule has 1 atom stereocenters. The van der Waals surface area contributed by atoms with Crippen LogP contribution in [0.4, 0.5) is 5.82 Å². The molecule has 1 amide bonds. The lowest BCUT2D eigenvalue weighted by Gasteiger charge is -2.36. The van der Waals surface area contributed by atoms with Gasteiger partial charge in [0, 0.05) is 49.2 Å². The highest BCUT2D eigenvalue weighted by atomic mass is 32.2. The maximum Gasteiger partial charge on any atom is 0.253 e. The molecule has 10 heteroatoms. The summed E-state index contributed by atoms with van der Waals surface area (Å²) in [6, 6.07) is 6.48. The number of sulfonamides is 1. The van der Waals surface area contributed by atoms with E-state index in [2.05, 4.69) is 14.9 Å². The SMILES string of the molecule is C[C@@H]1CCCCN1S(=O)(=O)c1ccc(C(=O)N2CCN(c3ncnc4sc5c(c34)CCCC5)CC2)cc1. The second-order valence-electron chi connectivity index (χ2n) is 10.4. The fourth-order valence-electron chi connectivity index (χ4n) is 5.95. The molecule has 196 valence electrons. The number of aryl methyl sites for hydroxylation is 2. The zero-order valence-electron chi connectivity index (χ0n) is 21.2. The van der Waals surface area contributed by atoms with Crippen molar-refractivity contribution in [2.24, 2.45) is 0 Å². The minimum atomic E-state index is -3.55. The van der Waals surface area contributed by atoms with Crippen LogP contribution in [0.25, 0.3) is 10.2 Å². The smallest absolute Gasteiger partial charge is 0.253 e. The first-order valence-corrected chi connectivity index (χ1v) is 15.6. The number of fused-ring (bicyclic) bond motifs is 3. The van der Waals surface area contributed by atoms with Gasteiger partial charge < -0.3 is 9.80 Å². The van der Waals surface area contributed by atoms with Crippen LogP contribution in [-0.2, 0) is 22.9 Å². The van der Waals surface area contributed by atoms with E-state index in [1.165, 1.54) is 28.7 Å². The van der Waals surface area contributed by atoms with Crippen LogP contribution in [0, 0.1) is 0 Å². The van der Waals surface area contributed by atoms with Crippen LogP contribution in [0.2, 0.25) is 0 Å². The quantitative estimate of drug-likeness (QED) is 0.496. The Labute approximate surface area is 222 Å². The molecule has 2 fully saturated rings. The lowest BCUT2D eigenvalue weighted by Crippen LogP contribution is -2.49. The predicted octanol–water partition coefficient (Wildman–Crippen LogP) is 4.10. The van der Waals surface area contributed by atoms with Crippen molar-refractivity contribution in [3.8, 4) is 0 Å². The largest absolute Gasteiger partial charge is 0.352 e. The highest BCUT2D eigenvalue weighted by molar-refractivity contribution is 7.89. The standard InChI is InChI=1S/C27H33N5O3S2/c1-19-6-4-5-13-32(19)37(34,35)21-11-9-20(10-12-21)27(33)31-16-14-30(15-17-31)25-24-22-7-2-3-8-23(22)36-26(24)29-18-28-25/h9-12,18-19H,2-8,13-17H2,1H3/t19-/m1/s1. The molecule has 0 N–H and O–H groups in total. The van der Waals surface area contributed by atoms with Gasteiger partial charge in [-0.25, -0.2) is 18.4 Å². The summed E-state index contributed by atoms with van der Waals surface area (Å²) in [6.45, 7) is 5.14. The number of benzene rings is 1. The third-order valence-electron chi connectivity index (χ3n) is 8.05. The fourth-order valence-corrected chi connectivity index (χ4v) is 8.87. The van der Waals surface area contributed by atoms with Gasteiger partial charge in [0.05, 0.1) is 10.3 Å². The molecule has 6 rings (SSSR count). The molecule has 3 aromatic rings. The molecule has 0 radical (unpaired) electrons. The highest BCUT2D eigenvalue weighted by Gasteiger charge is 2.31. The third-order valence-corrected chi connectivity index (χ3v) is 11.3. The number of anilines is 1. The molecule has 0 unspecified atom stereocenters. The molecular weight excluding hydrogens is 506 g/mol. The highest BCUT2D eigenvalue weighted by Crippen LogP contribution is 2.39. The van der Waals surface area contributed by atoms with Crippen molar-refractivity contribution >= 4 is 43.3 Å². The van der Waals surface area contributed by atoms with Gasteiger partial charge in [0.2, 0.25) is 10.0 Å². The number of piperidine rings is 1. The number of thiophene rings is 1. The number of piperazine rings is 1. The summed E-state index contributed by atoms with van der Waals surface area (Å²) < 4.78 is 27.9. The summed E-state index contributed by atoms with van der Waals surface area (Å²) in [6.07, 6.45) is 9.19. The molecule has 0 bridgehead atoms. The van der Waals surface area contributed by atoms with Gasteiger partial charge in [0.15, 0.2) is 0 Å². The van der Waals surface area contributed by atoms with Gasteiger partial charge >= 0.3 is 0 Å². The monoisotopic (exact) mass is 539 g/mol. The van der Waals surface area contributed by atoms with E-state index in [4.69, 9.17) is 0 Å². The zero-order valence-corrected chi connectivity index (χ0v) is 22.9. The first kappa shape index (κ1) is 24.8. The van der Waals surface area contributed by atoms with E-state index in [-0.39, 0.29) is 16.8 Å². The number of hydrogen-bond acceptors (Lipinski definition) is 7. The zero-order chi connectivity index (χ0) is 25.6. The maximum absolute atomic E-state index is 13.2. The Hall–Kier alpha value is -2.56. The van der Waals surface area contributed by atoms with Crippen molar-refractivity contribution < 1.29 is 13.2 Å². The lowest BCUT2D eigenvalue weighted by atomic mass is 9.97. The first-order valence-electron chi connectivity index (χ1n) is 13.3. The molecule has 2 saturated heterocycles. The lowest BCUT2D eigenvalue weighted by molar-refractivity contribution is 0.0746. The number of nitrogens with zero attached hydrogens (tertiary/aromatic N) is 5. The summed E-state index contributed by atoms with van der Waals surface area (Å²) in [5.74, 6) is 0.939. The Morgan fingerprint density at radius 2 is 1.70 bits per heavy atom. The van der Waals surface area contributed by atoms with Crippen molar-refractivity contribution in [1.82, 2.24) is 19.2 Å². The van der Waals surface area contributed by atoms with Crippen LogP contribution in [0.1, 0.15) is 59.8 Å². The van der Waals surface area contributed by atoms with Crippen LogP contribution >= 0.6 is 11.3 Å². The van der Waals surface area contributed by atoms with Gasteiger partial charge in [0.1, 0.15) is 17.0 Å². The molecule has 1 aliphatic carbocycles. The maximum atomic E-state index is 13.2. The summed E-state index contributed by atoms with van der Waals surface area (Å²) in [4.78, 5) is 29.4. The number of amides is 1. The molecule has 2 aliphatic heterocycles. The molecule has 8 nitrogen and oxygen atoms in total. The Bertz CT molecular complexity index is 1410. The van der Waals surface area contributed by atoms with Crippen molar-refractivity contribution in [1.29, 1.82) is 0 Å². The van der Waals surface area contributed by atoms with Crippen LogP contribution in [-0.4, -0.2) is 72.3 Å². The molecule has 4 heterocycles. The van der Waals surface area contributed by atoms with E-state index in [9.17, 15) is 13.2 Å². The van der Waals surface area contributed by atoms with Gasteiger partial charge in [-0.1, -0.05) is 6.42 Å². The average molecular weight is 540 g/mol. The summed E-state index contributed by atoms with van der Waals surface area (Å²) in [5, 5.41) is 1.21. The van der Waals surface area contributed by atoms with E-state index in [1.807, 2.05) is 11.8 Å². The minimum absolute atomic E-state index is 0.00653. The van der Waals surface area contributed by atoms with Gasteiger partial charge in [-0.05, 0) is 75.3 Å². The molecule has 1 aromatic carbocycles. The second-order valence-corrected chi connectivity index (χ2v) is 13.3. The molecule has 37 heavy (non-hydrogen) atoms. The van der Waals surface area contributed by atoms with E-state index in [0.717, 1.165) is 42.8 Å². The molecule has 2 aromatic heterocycles. The Kier molecular flexibility index (Phi) is 6.66. The normalized spacial score (nSPS) is 21.3. The van der Waals surface area contributed by atoms with Gasteiger partial charge in [-0.15, -0.1) is 11.3 Å². The second kappa shape index (κ2) is 9.96. The Morgan fingerprint density at radius 1 is 0.946 bits per heavy atom. The van der Waals surface area contributed by atoms with E-state index >= 15 is 0 Å². The van der Waals surface area contributed by atoms with Gasteiger partial charge in [0.25, 0.3) is 5.91 Å². The van der Waals surface area contributed by atoms with E-state index in [1.54, 1.807) is 46.2 Å². The van der Waals surface area contributed by atoms with Crippen LogP contribution in [0.3, 0.4) is 0 Å². The van der Waals surface area contributed by atoms with E-state index in [0.29, 0.717) is 38.3 Å². The van der Waals surface area contributed by atoms with Crippen molar-refractivity contribution in [3.63, 3.8) is 0 Å². The van der Waals surface area contributed by atoms with Crippen LogP contribution in [0.15, 0.2) is 35.5 Å². The first-order chi connectivity index (χ1) is 17.9. The molecule has 3 aliphatic rings. The fraction of sp³-hybridized carbons (Fsp3) is 0.519. The molecular formula is C27H33N5O3S2.